The van der Waals surface area contributed by atoms with E-state index in [1.54, 1.807) is 18.2 Å². The normalized spacial score (nSPS) is 15.4. The number of hydrogen-bond acceptors (Lipinski definition) is 5. The zero-order chi connectivity index (χ0) is 25.1. The molecule has 0 amide bonds. The van der Waals surface area contributed by atoms with Crippen LogP contribution in [0.2, 0.25) is 0 Å². The van der Waals surface area contributed by atoms with Gasteiger partial charge in [-0.2, -0.15) is 0 Å². The molecule has 1 aromatic heterocycles. The van der Waals surface area contributed by atoms with Gasteiger partial charge in [0, 0.05) is 0 Å². The number of aromatic nitrogens is 1. The first kappa shape index (κ1) is 24.8. The van der Waals surface area contributed by atoms with Gasteiger partial charge in [-0.3, -0.25) is 4.79 Å². The first-order valence-electron chi connectivity index (χ1n) is 11.5. The first-order chi connectivity index (χ1) is 16.7. The van der Waals surface area contributed by atoms with Gasteiger partial charge in [0.1, 0.15) is 18.2 Å². The SMILES string of the molecule is CCC1(c2ccc(CC(NS(=O)(=O)c3ccc(F)cc3)c3cccc(NCC(=O)O)n3)cc2)CC1. The lowest BCUT2D eigenvalue weighted by molar-refractivity contribution is -0.134. The largest absolute Gasteiger partial charge is 0.480 e. The van der Waals surface area contributed by atoms with Gasteiger partial charge >= 0.3 is 5.97 Å². The topological polar surface area (TPSA) is 108 Å². The first-order valence-corrected chi connectivity index (χ1v) is 13.0. The van der Waals surface area contributed by atoms with Crippen LogP contribution in [0.25, 0.3) is 0 Å². The van der Waals surface area contributed by atoms with Gasteiger partial charge < -0.3 is 10.4 Å². The standard InChI is InChI=1S/C26H28FN3O4S/c1-2-26(14-15-26)19-8-6-18(7-9-19)16-23(22-4-3-5-24(29-22)28-17-25(31)32)30-35(33,34)21-12-10-20(27)11-13-21/h3-13,23,30H,2,14-17H2,1H3,(H,28,29)(H,31,32). The highest BCUT2D eigenvalue weighted by molar-refractivity contribution is 7.89. The molecule has 1 aliphatic carbocycles. The van der Waals surface area contributed by atoms with Crippen molar-refractivity contribution in [3.05, 3.63) is 89.4 Å². The van der Waals surface area contributed by atoms with Crippen molar-refractivity contribution >= 4 is 21.8 Å². The molecule has 1 unspecified atom stereocenters. The maximum Gasteiger partial charge on any atom is 0.322 e. The molecule has 1 saturated carbocycles. The van der Waals surface area contributed by atoms with Crippen molar-refractivity contribution in [2.75, 3.05) is 11.9 Å². The fraction of sp³-hybridized carbons (Fsp3) is 0.308. The Balaban J connectivity index is 1.62. The number of nitrogens with one attached hydrogen (secondary N) is 2. The molecule has 1 atom stereocenters. The molecular formula is C26H28FN3O4S. The Labute approximate surface area is 204 Å². The van der Waals surface area contributed by atoms with Gasteiger partial charge in [0.05, 0.1) is 16.6 Å². The number of hydrogen-bond donors (Lipinski definition) is 3. The minimum absolute atomic E-state index is 0.0574. The van der Waals surface area contributed by atoms with Gasteiger partial charge in [0.25, 0.3) is 0 Å². The van der Waals surface area contributed by atoms with Crippen LogP contribution in [0.1, 0.15) is 49.0 Å². The van der Waals surface area contributed by atoms with E-state index in [9.17, 15) is 17.6 Å². The molecule has 3 aromatic rings. The molecule has 0 saturated heterocycles. The molecule has 9 heteroatoms. The number of carboxylic acid groups (broad SMARTS) is 1. The molecule has 1 heterocycles. The summed E-state index contributed by atoms with van der Waals surface area (Å²) < 4.78 is 42.2. The number of halogens is 1. The van der Waals surface area contributed by atoms with E-state index < -0.39 is 27.9 Å². The number of sulfonamides is 1. The van der Waals surface area contributed by atoms with Crippen molar-refractivity contribution < 1.29 is 22.7 Å². The molecule has 184 valence electrons. The van der Waals surface area contributed by atoms with E-state index in [0.29, 0.717) is 17.9 Å². The molecule has 0 bridgehead atoms. The predicted octanol–water partition coefficient (Wildman–Crippen LogP) is 4.42. The number of pyridine rings is 1. The minimum Gasteiger partial charge on any atom is -0.480 e. The van der Waals surface area contributed by atoms with Crippen molar-refractivity contribution in [1.29, 1.82) is 0 Å². The molecule has 1 aliphatic rings. The third-order valence-electron chi connectivity index (χ3n) is 6.51. The smallest absolute Gasteiger partial charge is 0.322 e. The van der Waals surface area contributed by atoms with Crippen molar-refractivity contribution in [3.8, 4) is 0 Å². The number of anilines is 1. The Bertz CT molecular complexity index is 1290. The summed E-state index contributed by atoms with van der Waals surface area (Å²) in [5.41, 5.74) is 2.93. The van der Waals surface area contributed by atoms with E-state index in [0.717, 1.165) is 24.1 Å². The quantitative estimate of drug-likeness (QED) is 0.362. The van der Waals surface area contributed by atoms with E-state index in [2.05, 4.69) is 34.1 Å². The summed E-state index contributed by atoms with van der Waals surface area (Å²) in [5, 5.41) is 11.7. The molecule has 7 nitrogen and oxygen atoms in total. The number of benzene rings is 2. The number of aliphatic carboxylic acids is 1. The fourth-order valence-electron chi connectivity index (χ4n) is 4.21. The number of carbonyl (C=O) groups is 1. The van der Waals surface area contributed by atoms with Crippen LogP contribution >= 0.6 is 0 Å². The van der Waals surface area contributed by atoms with Gasteiger partial charge in [-0.25, -0.2) is 22.5 Å². The number of rotatable bonds is 11. The van der Waals surface area contributed by atoms with Gasteiger partial charge in [-0.05, 0) is 78.6 Å². The highest BCUT2D eigenvalue weighted by atomic mass is 32.2. The third kappa shape index (κ3) is 6.04. The van der Waals surface area contributed by atoms with E-state index in [-0.39, 0.29) is 16.9 Å². The average Bonchev–Trinajstić information content (AvgIpc) is 3.64. The van der Waals surface area contributed by atoms with E-state index in [4.69, 9.17) is 5.11 Å². The second-order valence-electron chi connectivity index (χ2n) is 8.86. The van der Waals surface area contributed by atoms with Crippen LogP contribution in [-0.4, -0.2) is 31.0 Å². The van der Waals surface area contributed by atoms with Crippen LogP contribution in [0.15, 0.2) is 71.6 Å². The minimum atomic E-state index is -3.98. The second kappa shape index (κ2) is 10.1. The van der Waals surface area contributed by atoms with Crippen molar-refractivity contribution in [2.45, 2.75) is 49.0 Å². The summed E-state index contributed by atoms with van der Waals surface area (Å²) in [5.74, 6) is -1.24. The molecule has 0 spiro atoms. The van der Waals surface area contributed by atoms with Crippen molar-refractivity contribution in [1.82, 2.24) is 9.71 Å². The Kier molecular flexibility index (Phi) is 7.18. The maximum absolute atomic E-state index is 13.3. The molecule has 1 fully saturated rings. The number of carboxylic acids is 1. The predicted molar refractivity (Wildman–Crippen MR) is 131 cm³/mol. The van der Waals surface area contributed by atoms with Crippen molar-refractivity contribution in [3.63, 3.8) is 0 Å². The lowest BCUT2D eigenvalue weighted by Crippen LogP contribution is -2.31. The zero-order valence-corrected chi connectivity index (χ0v) is 20.2. The Hall–Kier alpha value is -3.30. The van der Waals surface area contributed by atoms with Crippen LogP contribution in [0.4, 0.5) is 10.2 Å². The van der Waals surface area contributed by atoms with Gasteiger partial charge in [0.15, 0.2) is 0 Å². The third-order valence-corrected chi connectivity index (χ3v) is 7.99. The molecule has 3 N–H and O–H groups in total. The van der Waals surface area contributed by atoms with Gasteiger partial charge in [-0.15, -0.1) is 0 Å². The fourth-order valence-corrected chi connectivity index (χ4v) is 5.42. The summed E-state index contributed by atoms with van der Waals surface area (Å²) in [6.07, 6.45) is 3.79. The molecule has 2 aromatic carbocycles. The van der Waals surface area contributed by atoms with Gasteiger partial charge in [-0.1, -0.05) is 37.3 Å². The summed E-state index contributed by atoms with van der Waals surface area (Å²) in [6, 6.07) is 17.1. The average molecular weight is 498 g/mol. The zero-order valence-electron chi connectivity index (χ0n) is 19.4. The molecular weight excluding hydrogens is 469 g/mol. The van der Waals surface area contributed by atoms with Crippen LogP contribution in [0, 0.1) is 5.82 Å². The highest BCUT2D eigenvalue weighted by Crippen LogP contribution is 2.50. The lowest BCUT2D eigenvalue weighted by Gasteiger charge is -2.20. The monoisotopic (exact) mass is 497 g/mol. The van der Waals surface area contributed by atoms with Crippen LogP contribution < -0.4 is 10.0 Å². The summed E-state index contributed by atoms with van der Waals surface area (Å²) in [6.45, 7) is 1.88. The summed E-state index contributed by atoms with van der Waals surface area (Å²) in [4.78, 5) is 15.3. The van der Waals surface area contributed by atoms with Crippen LogP contribution in [-0.2, 0) is 26.7 Å². The summed E-state index contributed by atoms with van der Waals surface area (Å²) >= 11 is 0. The van der Waals surface area contributed by atoms with E-state index in [1.807, 2.05) is 12.1 Å². The Morgan fingerprint density at radius 2 is 1.77 bits per heavy atom. The molecule has 4 rings (SSSR count). The Morgan fingerprint density at radius 1 is 1.09 bits per heavy atom. The molecule has 0 radical (unpaired) electrons. The van der Waals surface area contributed by atoms with E-state index in [1.165, 1.54) is 30.5 Å². The Morgan fingerprint density at radius 3 is 2.37 bits per heavy atom. The highest BCUT2D eigenvalue weighted by Gasteiger charge is 2.42. The van der Waals surface area contributed by atoms with Crippen molar-refractivity contribution in [2.24, 2.45) is 0 Å². The second-order valence-corrected chi connectivity index (χ2v) is 10.6. The maximum atomic E-state index is 13.3. The summed E-state index contributed by atoms with van der Waals surface area (Å²) in [7, 11) is -3.98. The lowest BCUT2D eigenvalue weighted by atomic mass is 9.91. The molecule has 35 heavy (non-hydrogen) atoms. The van der Waals surface area contributed by atoms with E-state index >= 15 is 0 Å². The van der Waals surface area contributed by atoms with Crippen LogP contribution in [0.3, 0.4) is 0 Å². The van der Waals surface area contributed by atoms with Crippen LogP contribution in [0.5, 0.6) is 0 Å². The van der Waals surface area contributed by atoms with Gasteiger partial charge in [0.2, 0.25) is 10.0 Å². The molecule has 0 aliphatic heterocycles. The number of nitrogens with zero attached hydrogens (tertiary/aromatic N) is 1.